The molecule has 1 N–H and O–H groups in total. The van der Waals surface area contributed by atoms with Gasteiger partial charge in [-0.05, 0) is 46.1 Å². The molecule has 1 saturated carbocycles. The third-order valence-electron chi connectivity index (χ3n) is 4.21. The molecule has 5 heteroatoms. The van der Waals surface area contributed by atoms with Gasteiger partial charge in [0.15, 0.2) is 0 Å². The molecule has 0 aromatic rings. The summed E-state index contributed by atoms with van der Waals surface area (Å²) in [5.41, 5.74) is -0.534. The smallest absolute Gasteiger partial charge is 0.325 e. The van der Waals surface area contributed by atoms with Crippen LogP contribution >= 0.6 is 0 Å². The number of rotatable bonds is 7. The summed E-state index contributed by atoms with van der Waals surface area (Å²) in [6.07, 6.45) is 4.49. The summed E-state index contributed by atoms with van der Waals surface area (Å²) < 4.78 is 10.5. The van der Waals surface area contributed by atoms with Crippen molar-refractivity contribution < 1.29 is 14.3 Å². The van der Waals surface area contributed by atoms with Crippen LogP contribution in [-0.2, 0) is 14.3 Å². The van der Waals surface area contributed by atoms with E-state index in [1.807, 2.05) is 6.92 Å². The SMILES string of the molecule is COC(=O)C(C)(CCCN1CCOC(C)C1)NC1CC1. The Hall–Kier alpha value is -0.650. The molecule has 2 atom stereocenters. The lowest BCUT2D eigenvalue weighted by Crippen LogP contribution is -2.51. The first-order chi connectivity index (χ1) is 9.53. The van der Waals surface area contributed by atoms with Crippen molar-refractivity contribution in [3.63, 3.8) is 0 Å². The minimum atomic E-state index is -0.534. The van der Waals surface area contributed by atoms with E-state index in [9.17, 15) is 4.79 Å². The fraction of sp³-hybridized carbons (Fsp3) is 0.933. The highest BCUT2D eigenvalue weighted by Gasteiger charge is 2.38. The minimum absolute atomic E-state index is 0.139. The average molecular weight is 284 g/mol. The van der Waals surface area contributed by atoms with Crippen molar-refractivity contribution in [3.05, 3.63) is 0 Å². The van der Waals surface area contributed by atoms with Crippen LogP contribution in [0.3, 0.4) is 0 Å². The van der Waals surface area contributed by atoms with Gasteiger partial charge < -0.3 is 9.47 Å². The number of ether oxygens (including phenoxy) is 2. The van der Waals surface area contributed by atoms with Gasteiger partial charge in [-0.2, -0.15) is 0 Å². The third-order valence-corrected chi connectivity index (χ3v) is 4.21. The Morgan fingerprint density at radius 3 is 2.85 bits per heavy atom. The van der Waals surface area contributed by atoms with Gasteiger partial charge in [-0.25, -0.2) is 0 Å². The molecule has 2 unspecified atom stereocenters. The first kappa shape index (κ1) is 15.7. The Kier molecular flexibility index (Phi) is 5.41. The van der Waals surface area contributed by atoms with Crippen LogP contribution in [0.5, 0.6) is 0 Å². The maximum absolute atomic E-state index is 12.0. The van der Waals surface area contributed by atoms with Gasteiger partial charge in [-0.15, -0.1) is 0 Å². The Bertz CT molecular complexity index is 333. The van der Waals surface area contributed by atoms with E-state index in [1.165, 1.54) is 20.0 Å². The molecule has 116 valence electrons. The summed E-state index contributed by atoms with van der Waals surface area (Å²) in [5, 5.41) is 3.45. The highest BCUT2D eigenvalue weighted by molar-refractivity contribution is 5.80. The highest BCUT2D eigenvalue weighted by Crippen LogP contribution is 2.25. The molecule has 0 bridgehead atoms. The predicted octanol–water partition coefficient (Wildman–Crippen LogP) is 1.17. The standard InChI is InChI=1S/C15H28N2O3/c1-12-11-17(9-10-20-12)8-4-7-15(2,14(18)19-3)16-13-5-6-13/h12-13,16H,4-11H2,1-3H3. The average Bonchev–Trinajstić information content (AvgIpc) is 3.21. The molecule has 0 aromatic heterocycles. The number of nitrogens with zero attached hydrogens (tertiary/aromatic N) is 1. The minimum Gasteiger partial charge on any atom is -0.468 e. The monoisotopic (exact) mass is 284 g/mol. The first-order valence-electron chi connectivity index (χ1n) is 7.73. The molecule has 5 nitrogen and oxygen atoms in total. The lowest BCUT2D eigenvalue weighted by molar-refractivity contribution is -0.148. The summed E-state index contributed by atoms with van der Waals surface area (Å²) in [4.78, 5) is 14.4. The number of nitrogens with one attached hydrogen (secondary N) is 1. The molecule has 2 aliphatic rings. The predicted molar refractivity (Wildman–Crippen MR) is 77.7 cm³/mol. The van der Waals surface area contributed by atoms with Crippen molar-refractivity contribution in [2.75, 3.05) is 33.4 Å². The van der Waals surface area contributed by atoms with E-state index in [1.54, 1.807) is 0 Å². The van der Waals surface area contributed by atoms with E-state index in [-0.39, 0.29) is 5.97 Å². The molecule has 0 spiro atoms. The third kappa shape index (κ3) is 4.43. The number of esters is 1. The zero-order valence-corrected chi connectivity index (χ0v) is 13.0. The van der Waals surface area contributed by atoms with E-state index in [4.69, 9.17) is 9.47 Å². The van der Waals surface area contributed by atoms with E-state index in [0.717, 1.165) is 39.1 Å². The largest absolute Gasteiger partial charge is 0.468 e. The van der Waals surface area contributed by atoms with Crippen LogP contribution in [0.1, 0.15) is 39.5 Å². The Morgan fingerprint density at radius 1 is 1.50 bits per heavy atom. The number of hydrogen-bond acceptors (Lipinski definition) is 5. The fourth-order valence-corrected chi connectivity index (χ4v) is 2.89. The first-order valence-corrected chi connectivity index (χ1v) is 7.73. The van der Waals surface area contributed by atoms with Crippen molar-refractivity contribution in [1.82, 2.24) is 10.2 Å². The van der Waals surface area contributed by atoms with Gasteiger partial charge in [-0.1, -0.05) is 0 Å². The molecule has 1 saturated heterocycles. The lowest BCUT2D eigenvalue weighted by atomic mass is 9.95. The normalized spacial score (nSPS) is 27.1. The van der Waals surface area contributed by atoms with Crippen LogP contribution in [0.4, 0.5) is 0 Å². The van der Waals surface area contributed by atoms with Gasteiger partial charge in [-0.3, -0.25) is 15.0 Å². The zero-order valence-electron chi connectivity index (χ0n) is 13.0. The summed E-state index contributed by atoms with van der Waals surface area (Å²) in [6, 6.07) is 0.502. The van der Waals surface area contributed by atoms with Gasteiger partial charge in [0, 0.05) is 19.1 Å². The molecule has 0 aromatic carbocycles. The highest BCUT2D eigenvalue weighted by atomic mass is 16.5. The number of carbonyl (C=O) groups excluding carboxylic acids is 1. The second-order valence-electron chi connectivity index (χ2n) is 6.33. The molecule has 1 heterocycles. The van der Waals surface area contributed by atoms with Gasteiger partial charge >= 0.3 is 5.97 Å². The van der Waals surface area contributed by atoms with Crippen LogP contribution in [0.15, 0.2) is 0 Å². The number of morpholine rings is 1. The molecular formula is C15H28N2O3. The maximum Gasteiger partial charge on any atom is 0.325 e. The zero-order chi connectivity index (χ0) is 14.6. The second-order valence-corrected chi connectivity index (χ2v) is 6.33. The van der Waals surface area contributed by atoms with Crippen LogP contribution in [0.25, 0.3) is 0 Å². The molecular weight excluding hydrogens is 256 g/mol. The quantitative estimate of drug-likeness (QED) is 0.711. The number of carbonyl (C=O) groups is 1. The summed E-state index contributed by atoms with van der Waals surface area (Å²) >= 11 is 0. The van der Waals surface area contributed by atoms with Gasteiger partial charge in [0.05, 0.1) is 19.8 Å². The van der Waals surface area contributed by atoms with Gasteiger partial charge in [0.25, 0.3) is 0 Å². The molecule has 20 heavy (non-hydrogen) atoms. The van der Waals surface area contributed by atoms with Crippen LogP contribution in [-0.4, -0.2) is 61.9 Å². The van der Waals surface area contributed by atoms with Crippen molar-refractivity contribution in [2.45, 2.75) is 57.2 Å². The van der Waals surface area contributed by atoms with Crippen molar-refractivity contribution in [1.29, 1.82) is 0 Å². The van der Waals surface area contributed by atoms with Gasteiger partial charge in [0.2, 0.25) is 0 Å². The van der Waals surface area contributed by atoms with E-state index in [0.29, 0.717) is 12.1 Å². The molecule has 2 rings (SSSR count). The Labute approximate surface area is 122 Å². The van der Waals surface area contributed by atoms with Crippen LogP contribution in [0, 0.1) is 0 Å². The van der Waals surface area contributed by atoms with Crippen molar-refractivity contribution in [3.8, 4) is 0 Å². The molecule has 2 fully saturated rings. The summed E-state index contributed by atoms with van der Waals surface area (Å²) in [6.45, 7) is 7.90. The lowest BCUT2D eigenvalue weighted by Gasteiger charge is -2.33. The van der Waals surface area contributed by atoms with Gasteiger partial charge in [0.1, 0.15) is 5.54 Å². The van der Waals surface area contributed by atoms with E-state index >= 15 is 0 Å². The van der Waals surface area contributed by atoms with Crippen LogP contribution < -0.4 is 5.32 Å². The topological polar surface area (TPSA) is 50.8 Å². The molecule has 0 amide bonds. The molecule has 0 radical (unpaired) electrons. The van der Waals surface area contributed by atoms with E-state index < -0.39 is 5.54 Å². The second kappa shape index (κ2) is 6.87. The summed E-state index contributed by atoms with van der Waals surface area (Å²) in [7, 11) is 1.47. The number of hydrogen-bond donors (Lipinski definition) is 1. The van der Waals surface area contributed by atoms with Crippen molar-refractivity contribution in [2.24, 2.45) is 0 Å². The molecule has 1 aliphatic heterocycles. The van der Waals surface area contributed by atoms with Crippen molar-refractivity contribution >= 4 is 5.97 Å². The number of methoxy groups -OCH3 is 1. The summed E-state index contributed by atoms with van der Waals surface area (Å²) in [5.74, 6) is -0.139. The van der Waals surface area contributed by atoms with Crippen LogP contribution in [0.2, 0.25) is 0 Å². The Morgan fingerprint density at radius 2 is 2.25 bits per heavy atom. The fourth-order valence-electron chi connectivity index (χ4n) is 2.89. The molecule has 1 aliphatic carbocycles. The van der Waals surface area contributed by atoms with E-state index in [2.05, 4.69) is 17.1 Å². The Balaban J connectivity index is 1.77. The maximum atomic E-state index is 12.0.